The zero-order valence-electron chi connectivity index (χ0n) is 11.1. The molecule has 2 aromatic rings. The van der Waals surface area contributed by atoms with E-state index in [1.54, 1.807) is 19.1 Å². The predicted molar refractivity (Wildman–Crippen MR) is 75.0 cm³/mol. The van der Waals surface area contributed by atoms with Gasteiger partial charge >= 0.3 is 6.18 Å². The van der Waals surface area contributed by atoms with E-state index in [2.05, 4.69) is 5.32 Å². The monoisotopic (exact) mass is 291 g/mol. The lowest BCUT2D eigenvalue weighted by Gasteiger charge is -2.14. The average molecular weight is 291 g/mol. The molecule has 3 N–H and O–H groups in total. The SMILES string of the molecule is Cc1ccc(C(F)(F)F)cc1Nc1ccc(C#N)cc1N. The van der Waals surface area contributed by atoms with Crippen molar-refractivity contribution in [3.8, 4) is 6.07 Å². The van der Waals surface area contributed by atoms with Crippen LogP contribution in [0.2, 0.25) is 0 Å². The van der Waals surface area contributed by atoms with E-state index in [0.717, 1.165) is 12.1 Å². The van der Waals surface area contributed by atoms with Crippen LogP contribution >= 0.6 is 0 Å². The van der Waals surface area contributed by atoms with E-state index in [4.69, 9.17) is 11.0 Å². The van der Waals surface area contributed by atoms with Crippen LogP contribution in [0.4, 0.5) is 30.2 Å². The van der Waals surface area contributed by atoms with Crippen molar-refractivity contribution in [2.24, 2.45) is 0 Å². The third-order valence-corrected chi connectivity index (χ3v) is 3.01. The molecule has 0 bridgehead atoms. The molecule has 21 heavy (non-hydrogen) atoms. The quantitative estimate of drug-likeness (QED) is 0.815. The summed E-state index contributed by atoms with van der Waals surface area (Å²) >= 11 is 0. The third kappa shape index (κ3) is 3.26. The number of benzene rings is 2. The zero-order chi connectivity index (χ0) is 15.6. The Bertz CT molecular complexity index is 715. The number of anilines is 3. The first-order valence-electron chi connectivity index (χ1n) is 6.06. The van der Waals surface area contributed by atoms with Crippen LogP contribution in [0.3, 0.4) is 0 Å². The summed E-state index contributed by atoms with van der Waals surface area (Å²) < 4.78 is 38.2. The summed E-state index contributed by atoms with van der Waals surface area (Å²) in [6.45, 7) is 1.70. The van der Waals surface area contributed by atoms with Gasteiger partial charge in [0.05, 0.1) is 28.6 Å². The molecule has 2 rings (SSSR count). The summed E-state index contributed by atoms with van der Waals surface area (Å²) in [5, 5.41) is 11.6. The lowest BCUT2D eigenvalue weighted by Crippen LogP contribution is -2.06. The van der Waals surface area contributed by atoms with Crippen LogP contribution in [-0.2, 0) is 6.18 Å². The van der Waals surface area contributed by atoms with E-state index in [1.165, 1.54) is 12.1 Å². The predicted octanol–water partition coefficient (Wildman–Crippen LogP) is 4.21. The second kappa shape index (κ2) is 5.37. The first-order chi connectivity index (χ1) is 9.81. The minimum absolute atomic E-state index is 0.297. The van der Waals surface area contributed by atoms with E-state index >= 15 is 0 Å². The number of nitrogens with zero attached hydrogens (tertiary/aromatic N) is 1. The largest absolute Gasteiger partial charge is 0.416 e. The van der Waals surface area contributed by atoms with Crippen LogP contribution in [0.15, 0.2) is 36.4 Å². The maximum Gasteiger partial charge on any atom is 0.416 e. The number of nitrogens with two attached hydrogens (primary N) is 1. The first kappa shape index (κ1) is 14.7. The lowest BCUT2D eigenvalue weighted by atomic mass is 10.1. The first-order valence-corrected chi connectivity index (χ1v) is 6.06. The van der Waals surface area contributed by atoms with Crippen molar-refractivity contribution in [1.29, 1.82) is 5.26 Å². The number of nitriles is 1. The van der Waals surface area contributed by atoms with Gasteiger partial charge in [-0.05, 0) is 42.8 Å². The van der Waals surface area contributed by atoms with Gasteiger partial charge in [-0.3, -0.25) is 0 Å². The summed E-state index contributed by atoms with van der Waals surface area (Å²) in [7, 11) is 0. The molecule has 0 unspecified atom stereocenters. The molecular formula is C15H12F3N3. The Morgan fingerprint density at radius 1 is 1.10 bits per heavy atom. The summed E-state index contributed by atoms with van der Waals surface area (Å²) in [6, 6.07) is 9.97. The maximum absolute atomic E-state index is 12.7. The van der Waals surface area contributed by atoms with Crippen molar-refractivity contribution in [1.82, 2.24) is 0 Å². The Balaban J connectivity index is 2.38. The van der Waals surface area contributed by atoms with Gasteiger partial charge in [0.2, 0.25) is 0 Å². The fourth-order valence-electron chi connectivity index (χ4n) is 1.82. The van der Waals surface area contributed by atoms with Crippen molar-refractivity contribution >= 4 is 17.1 Å². The number of hydrogen-bond donors (Lipinski definition) is 2. The van der Waals surface area contributed by atoms with Crippen molar-refractivity contribution < 1.29 is 13.2 Å². The number of aryl methyl sites for hydroxylation is 1. The molecule has 2 aromatic carbocycles. The van der Waals surface area contributed by atoms with Crippen LogP contribution in [-0.4, -0.2) is 0 Å². The second-order valence-electron chi connectivity index (χ2n) is 4.57. The number of alkyl halides is 3. The van der Waals surface area contributed by atoms with Crippen LogP contribution in [0.1, 0.15) is 16.7 Å². The molecule has 0 radical (unpaired) electrons. The van der Waals surface area contributed by atoms with Crippen LogP contribution in [0, 0.1) is 18.3 Å². The third-order valence-electron chi connectivity index (χ3n) is 3.01. The minimum atomic E-state index is -4.40. The van der Waals surface area contributed by atoms with Crippen molar-refractivity contribution in [3.63, 3.8) is 0 Å². The van der Waals surface area contributed by atoms with Crippen molar-refractivity contribution in [2.45, 2.75) is 13.1 Å². The molecule has 6 heteroatoms. The molecular weight excluding hydrogens is 279 g/mol. The standard InChI is InChI=1S/C15H12F3N3/c1-9-2-4-11(15(16,17)18)7-14(9)21-13-5-3-10(8-19)6-12(13)20/h2-7,21H,20H2,1H3. The maximum atomic E-state index is 12.7. The number of halogens is 3. The van der Waals surface area contributed by atoms with Gasteiger partial charge in [0.15, 0.2) is 0 Å². The van der Waals surface area contributed by atoms with Gasteiger partial charge in [0.1, 0.15) is 0 Å². The zero-order valence-corrected chi connectivity index (χ0v) is 11.1. The van der Waals surface area contributed by atoms with Gasteiger partial charge in [-0.25, -0.2) is 0 Å². The Labute approximate surface area is 119 Å². The highest BCUT2D eigenvalue weighted by atomic mass is 19.4. The molecule has 3 nitrogen and oxygen atoms in total. The Morgan fingerprint density at radius 2 is 1.81 bits per heavy atom. The van der Waals surface area contributed by atoms with E-state index < -0.39 is 11.7 Å². The van der Waals surface area contributed by atoms with Gasteiger partial charge < -0.3 is 11.1 Å². The van der Waals surface area contributed by atoms with Crippen LogP contribution < -0.4 is 11.1 Å². The van der Waals surface area contributed by atoms with Crippen LogP contribution in [0.5, 0.6) is 0 Å². The molecule has 0 aliphatic rings. The highest BCUT2D eigenvalue weighted by Gasteiger charge is 2.30. The minimum Gasteiger partial charge on any atom is -0.397 e. The summed E-state index contributed by atoms with van der Waals surface area (Å²) in [4.78, 5) is 0. The number of hydrogen-bond acceptors (Lipinski definition) is 3. The number of nitrogens with one attached hydrogen (secondary N) is 1. The highest BCUT2D eigenvalue weighted by molar-refractivity contribution is 5.75. The summed E-state index contributed by atoms with van der Waals surface area (Å²) in [6.07, 6.45) is -4.40. The van der Waals surface area contributed by atoms with Crippen molar-refractivity contribution in [2.75, 3.05) is 11.1 Å². The van der Waals surface area contributed by atoms with E-state index in [0.29, 0.717) is 28.2 Å². The molecule has 0 atom stereocenters. The summed E-state index contributed by atoms with van der Waals surface area (Å²) in [5.74, 6) is 0. The Kier molecular flexibility index (Phi) is 3.76. The fourth-order valence-corrected chi connectivity index (χ4v) is 1.82. The molecule has 0 aromatic heterocycles. The lowest BCUT2D eigenvalue weighted by molar-refractivity contribution is -0.137. The molecule has 0 amide bonds. The molecule has 0 aliphatic heterocycles. The van der Waals surface area contributed by atoms with Gasteiger partial charge in [-0.1, -0.05) is 6.07 Å². The average Bonchev–Trinajstić information content (AvgIpc) is 2.42. The second-order valence-corrected chi connectivity index (χ2v) is 4.57. The smallest absolute Gasteiger partial charge is 0.397 e. The molecule has 0 aliphatic carbocycles. The molecule has 0 saturated heterocycles. The van der Waals surface area contributed by atoms with Gasteiger partial charge in [0.25, 0.3) is 0 Å². The van der Waals surface area contributed by atoms with Gasteiger partial charge in [-0.15, -0.1) is 0 Å². The van der Waals surface area contributed by atoms with Crippen molar-refractivity contribution in [3.05, 3.63) is 53.1 Å². The normalized spacial score (nSPS) is 11.0. The Morgan fingerprint density at radius 3 is 2.38 bits per heavy atom. The molecule has 0 saturated carbocycles. The fraction of sp³-hybridized carbons (Fsp3) is 0.133. The number of rotatable bonds is 2. The topological polar surface area (TPSA) is 61.8 Å². The van der Waals surface area contributed by atoms with E-state index in [-0.39, 0.29) is 0 Å². The molecule has 0 fully saturated rings. The van der Waals surface area contributed by atoms with E-state index in [1.807, 2.05) is 6.07 Å². The van der Waals surface area contributed by atoms with E-state index in [9.17, 15) is 13.2 Å². The molecule has 0 spiro atoms. The molecule has 108 valence electrons. The van der Waals surface area contributed by atoms with Gasteiger partial charge in [0, 0.05) is 5.69 Å². The van der Waals surface area contributed by atoms with Gasteiger partial charge in [-0.2, -0.15) is 18.4 Å². The van der Waals surface area contributed by atoms with Crippen LogP contribution in [0.25, 0.3) is 0 Å². The Hall–Kier alpha value is -2.68. The summed E-state index contributed by atoms with van der Waals surface area (Å²) in [5.41, 5.74) is 7.17. The highest BCUT2D eigenvalue weighted by Crippen LogP contribution is 2.33. The number of nitrogen functional groups attached to an aromatic ring is 1. The molecule has 0 heterocycles.